The molecule has 0 radical (unpaired) electrons. The number of halogens is 4. The molecule has 0 saturated carbocycles. The average molecular weight is 271 g/mol. The van der Waals surface area contributed by atoms with Crippen LogP contribution >= 0.6 is 12.4 Å². The molecule has 0 aromatic heterocycles. The molecular formula is C9H10ClF3N2O2. The van der Waals surface area contributed by atoms with Crippen molar-refractivity contribution >= 4 is 24.1 Å². The monoisotopic (exact) mass is 270 g/mol. The van der Waals surface area contributed by atoms with Crippen LogP contribution in [0.15, 0.2) is 30.3 Å². The van der Waals surface area contributed by atoms with E-state index in [9.17, 15) is 18.0 Å². The summed E-state index contributed by atoms with van der Waals surface area (Å²) in [5, 5.41) is 2.19. The van der Waals surface area contributed by atoms with Gasteiger partial charge in [-0.2, -0.15) is 9.90 Å². The first-order chi connectivity index (χ1) is 7.44. The van der Waals surface area contributed by atoms with Gasteiger partial charge >= 0.3 is 12.4 Å². The Kier molecular flexibility index (Phi) is 5.77. The molecule has 0 atom stereocenters. The Hall–Kier alpha value is -1.47. The molecule has 1 rings (SSSR count). The molecule has 17 heavy (non-hydrogen) atoms. The minimum atomic E-state index is -4.93. The molecule has 0 unspecified atom stereocenters. The molecule has 0 heterocycles. The molecule has 0 aliphatic carbocycles. The fraction of sp³-hybridized carbons (Fsp3) is 0.222. The van der Waals surface area contributed by atoms with E-state index in [0.29, 0.717) is 0 Å². The predicted octanol–water partition coefficient (Wildman–Crippen LogP) is 2.71. The Morgan fingerprint density at radius 3 is 2.24 bits per heavy atom. The molecule has 0 aliphatic rings. The first kappa shape index (κ1) is 15.5. The number of nitrogens with zero attached hydrogens (tertiary/aromatic N) is 1. The third-order valence-corrected chi connectivity index (χ3v) is 1.58. The summed E-state index contributed by atoms with van der Waals surface area (Å²) in [7, 11) is 1.21. The van der Waals surface area contributed by atoms with Gasteiger partial charge in [0, 0.05) is 7.05 Å². The number of para-hydroxylation sites is 1. The number of urea groups is 1. The Morgan fingerprint density at radius 1 is 1.29 bits per heavy atom. The van der Waals surface area contributed by atoms with Crippen molar-refractivity contribution in [3.63, 3.8) is 0 Å². The summed E-state index contributed by atoms with van der Waals surface area (Å²) < 4.78 is 36.1. The van der Waals surface area contributed by atoms with Gasteiger partial charge in [-0.25, -0.2) is 4.79 Å². The second-order valence-corrected chi connectivity index (χ2v) is 2.72. The first-order valence-corrected chi connectivity index (χ1v) is 4.27. The Balaban J connectivity index is 0.00000256. The zero-order chi connectivity index (χ0) is 12.2. The maximum Gasteiger partial charge on any atom is 0.544 e. The van der Waals surface area contributed by atoms with E-state index in [0.717, 1.165) is 0 Å². The van der Waals surface area contributed by atoms with Crippen LogP contribution < -0.4 is 10.4 Å². The van der Waals surface area contributed by atoms with Crippen molar-refractivity contribution in [2.45, 2.75) is 6.36 Å². The maximum atomic E-state index is 12.0. The van der Waals surface area contributed by atoms with Crippen LogP contribution in [0.5, 0.6) is 0 Å². The quantitative estimate of drug-likeness (QED) is 0.840. The first-order valence-electron chi connectivity index (χ1n) is 4.27. The van der Waals surface area contributed by atoms with Crippen LogP contribution in [0.2, 0.25) is 0 Å². The summed E-state index contributed by atoms with van der Waals surface area (Å²) in [6.07, 6.45) is -4.93. The van der Waals surface area contributed by atoms with Gasteiger partial charge in [0.25, 0.3) is 0 Å². The number of anilines is 1. The van der Waals surface area contributed by atoms with Crippen molar-refractivity contribution in [1.82, 2.24) is 5.32 Å². The van der Waals surface area contributed by atoms with Crippen molar-refractivity contribution in [2.75, 3.05) is 12.1 Å². The van der Waals surface area contributed by atoms with E-state index >= 15 is 0 Å². The number of hydrogen-bond acceptors (Lipinski definition) is 2. The van der Waals surface area contributed by atoms with E-state index in [1.54, 1.807) is 6.07 Å². The minimum absolute atomic E-state index is 0. The SMILES string of the molecule is CNC(=O)N(OC(F)(F)F)c1ccccc1.Cl. The summed E-state index contributed by atoms with van der Waals surface area (Å²) >= 11 is 0. The Bertz CT molecular complexity index is 359. The highest BCUT2D eigenvalue weighted by Crippen LogP contribution is 2.23. The normalized spacial score (nSPS) is 10.4. The summed E-state index contributed by atoms with van der Waals surface area (Å²) in [5.41, 5.74) is -0.0147. The molecule has 0 aliphatic heterocycles. The number of nitrogens with one attached hydrogen (secondary N) is 1. The van der Waals surface area contributed by atoms with Crippen molar-refractivity contribution in [3.05, 3.63) is 30.3 Å². The number of carbonyl (C=O) groups excluding carboxylic acids is 1. The lowest BCUT2D eigenvalue weighted by Gasteiger charge is -2.21. The van der Waals surface area contributed by atoms with E-state index < -0.39 is 12.4 Å². The van der Waals surface area contributed by atoms with E-state index in [1.165, 1.54) is 31.3 Å². The lowest BCUT2D eigenvalue weighted by molar-refractivity contribution is -0.325. The molecule has 0 saturated heterocycles. The maximum absolute atomic E-state index is 12.0. The van der Waals surface area contributed by atoms with Crippen LogP contribution in [0.3, 0.4) is 0 Å². The molecule has 0 spiro atoms. The number of hydrogen-bond donors (Lipinski definition) is 1. The fourth-order valence-corrected chi connectivity index (χ4v) is 0.980. The number of rotatable bonds is 2. The lowest BCUT2D eigenvalue weighted by Crippen LogP contribution is -2.41. The highest BCUT2D eigenvalue weighted by Gasteiger charge is 2.36. The second-order valence-electron chi connectivity index (χ2n) is 2.72. The molecule has 1 aromatic rings. The van der Waals surface area contributed by atoms with Gasteiger partial charge < -0.3 is 5.32 Å². The summed E-state index contributed by atoms with van der Waals surface area (Å²) in [6, 6.07) is 6.22. The van der Waals surface area contributed by atoms with Gasteiger partial charge in [0.1, 0.15) is 0 Å². The van der Waals surface area contributed by atoms with Crippen molar-refractivity contribution < 1.29 is 22.8 Å². The van der Waals surface area contributed by atoms with Gasteiger partial charge in [0.05, 0.1) is 5.69 Å². The molecule has 4 nitrogen and oxygen atoms in total. The molecule has 0 bridgehead atoms. The van der Waals surface area contributed by atoms with Crippen LogP contribution in [0.4, 0.5) is 23.7 Å². The van der Waals surface area contributed by atoms with Crippen LogP contribution in [-0.4, -0.2) is 19.4 Å². The number of hydroxylamine groups is 1. The van der Waals surface area contributed by atoms with Crippen LogP contribution in [0, 0.1) is 0 Å². The Labute approximate surface area is 102 Å². The lowest BCUT2D eigenvalue weighted by atomic mass is 10.3. The average Bonchev–Trinajstić information content (AvgIpc) is 2.25. The highest BCUT2D eigenvalue weighted by atomic mass is 35.5. The second kappa shape index (κ2) is 6.31. The molecule has 1 aromatic carbocycles. The number of carbonyl (C=O) groups is 1. The topological polar surface area (TPSA) is 41.6 Å². The smallest absolute Gasteiger partial charge is 0.339 e. The van der Waals surface area contributed by atoms with E-state index in [2.05, 4.69) is 4.84 Å². The molecule has 0 fully saturated rings. The van der Waals surface area contributed by atoms with Gasteiger partial charge in [-0.1, -0.05) is 18.2 Å². The fourth-order valence-electron chi connectivity index (χ4n) is 0.980. The molecule has 8 heteroatoms. The summed E-state index contributed by atoms with van der Waals surface area (Å²) in [4.78, 5) is 14.8. The zero-order valence-electron chi connectivity index (χ0n) is 8.69. The largest absolute Gasteiger partial charge is 0.544 e. The number of benzene rings is 1. The Morgan fingerprint density at radius 2 is 1.82 bits per heavy atom. The standard InChI is InChI=1S/C9H9F3N2O2.ClH/c1-13-8(15)14(16-9(10,11)12)7-5-3-2-4-6-7;/h2-6H,1H3,(H,13,15);1H. The summed E-state index contributed by atoms with van der Waals surface area (Å²) in [6.45, 7) is 0. The van der Waals surface area contributed by atoms with Gasteiger partial charge in [-0.15, -0.1) is 25.6 Å². The van der Waals surface area contributed by atoms with Crippen molar-refractivity contribution in [2.24, 2.45) is 0 Å². The van der Waals surface area contributed by atoms with Crippen LogP contribution in [0.25, 0.3) is 0 Å². The third-order valence-electron chi connectivity index (χ3n) is 1.58. The number of amides is 2. The van der Waals surface area contributed by atoms with Crippen molar-refractivity contribution in [1.29, 1.82) is 0 Å². The molecule has 96 valence electrons. The molecular weight excluding hydrogens is 261 g/mol. The predicted molar refractivity (Wildman–Crippen MR) is 57.8 cm³/mol. The third kappa shape index (κ3) is 4.92. The molecule has 2 amide bonds. The van der Waals surface area contributed by atoms with Gasteiger partial charge in [-0.05, 0) is 12.1 Å². The van der Waals surface area contributed by atoms with E-state index in [-0.39, 0.29) is 23.2 Å². The van der Waals surface area contributed by atoms with Gasteiger partial charge in [-0.3, -0.25) is 0 Å². The van der Waals surface area contributed by atoms with Crippen LogP contribution in [-0.2, 0) is 4.84 Å². The minimum Gasteiger partial charge on any atom is -0.339 e. The van der Waals surface area contributed by atoms with Gasteiger partial charge in [0.2, 0.25) is 0 Å². The summed E-state index contributed by atoms with van der Waals surface area (Å²) in [5.74, 6) is 0. The van der Waals surface area contributed by atoms with E-state index in [4.69, 9.17) is 0 Å². The molecule has 1 N–H and O–H groups in total. The van der Waals surface area contributed by atoms with Gasteiger partial charge in [0.15, 0.2) is 0 Å². The van der Waals surface area contributed by atoms with E-state index in [1.807, 2.05) is 5.32 Å². The number of alkyl halides is 3. The highest BCUT2D eigenvalue weighted by molar-refractivity contribution is 5.89. The zero-order valence-corrected chi connectivity index (χ0v) is 9.51. The van der Waals surface area contributed by atoms with Crippen molar-refractivity contribution in [3.8, 4) is 0 Å². The van der Waals surface area contributed by atoms with Crippen LogP contribution in [0.1, 0.15) is 0 Å².